The van der Waals surface area contributed by atoms with Crippen molar-refractivity contribution in [2.45, 2.75) is 45.1 Å². The minimum absolute atomic E-state index is 0.00116. The van der Waals surface area contributed by atoms with Crippen molar-refractivity contribution < 1.29 is 38.1 Å². The van der Waals surface area contributed by atoms with Crippen molar-refractivity contribution in [1.29, 1.82) is 0 Å². The van der Waals surface area contributed by atoms with E-state index >= 15 is 0 Å². The summed E-state index contributed by atoms with van der Waals surface area (Å²) in [7, 11) is 0. The van der Waals surface area contributed by atoms with Crippen molar-refractivity contribution in [2.75, 3.05) is 0 Å². The predicted molar refractivity (Wildman–Crippen MR) is 213 cm³/mol. The number of hydrogen-bond donors (Lipinski definition) is 2. The van der Waals surface area contributed by atoms with Crippen LogP contribution in [-0.2, 0) is 45.1 Å². The van der Waals surface area contributed by atoms with Crippen LogP contribution in [0.3, 0.4) is 0 Å². The van der Waals surface area contributed by atoms with E-state index < -0.39 is 36.2 Å². The number of benzene rings is 5. The van der Waals surface area contributed by atoms with Crippen molar-refractivity contribution in [2.24, 2.45) is 0 Å². The second kappa shape index (κ2) is 19.9. The number of nitrogens with one attached hydrogen (secondary N) is 2. The standard InChI is InChI=1S/C46H41N3O8/c1-32-16-15-27-47-42(32)41-39(56-43(50)37(28-33-17-6-2-7-18-33)48-45(52)54-30-35-21-10-4-11-22-35)25-14-26-40(41)57-44(51)38(29-34-19-8-3-9-20-34)49-46(53)55-31-36-23-12-5-13-24-36/h2-27,37-38H,28-31H2,1H3,(H,48,52)(H,49,53)/t37-,38-/m0/s1. The van der Waals surface area contributed by atoms with E-state index in [1.165, 1.54) is 0 Å². The van der Waals surface area contributed by atoms with Crippen LogP contribution in [0.2, 0.25) is 0 Å². The first-order valence-electron chi connectivity index (χ1n) is 18.3. The van der Waals surface area contributed by atoms with Crippen LogP contribution in [0.15, 0.2) is 158 Å². The summed E-state index contributed by atoms with van der Waals surface area (Å²) in [6.07, 6.45) is 0.149. The molecule has 0 unspecified atom stereocenters. The lowest BCUT2D eigenvalue weighted by molar-refractivity contribution is -0.137. The number of alkyl carbamates (subject to hydrolysis) is 2. The Morgan fingerprint density at radius 1 is 0.509 bits per heavy atom. The molecule has 2 atom stereocenters. The number of esters is 2. The Kier molecular flexibility index (Phi) is 13.7. The van der Waals surface area contributed by atoms with Gasteiger partial charge in [0.05, 0.1) is 11.3 Å². The summed E-state index contributed by atoms with van der Waals surface area (Å²) in [4.78, 5) is 58.7. The number of ether oxygens (including phenoxy) is 4. The molecule has 6 aromatic rings. The van der Waals surface area contributed by atoms with E-state index in [-0.39, 0.29) is 43.1 Å². The molecule has 0 fully saturated rings. The maximum Gasteiger partial charge on any atom is 0.408 e. The van der Waals surface area contributed by atoms with Crippen molar-refractivity contribution in [3.8, 4) is 22.8 Å². The van der Waals surface area contributed by atoms with Crippen LogP contribution in [0, 0.1) is 6.92 Å². The smallest absolute Gasteiger partial charge is 0.408 e. The third-order valence-electron chi connectivity index (χ3n) is 8.80. The molecular weight excluding hydrogens is 723 g/mol. The van der Waals surface area contributed by atoms with Gasteiger partial charge < -0.3 is 29.6 Å². The molecule has 1 aromatic heterocycles. The number of nitrogens with zero attached hydrogens (tertiary/aromatic N) is 1. The second-order valence-electron chi connectivity index (χ2n) is 13.0. The number of aryl methyl sites for hydroxylation is 1. The molecule has 0 spiro atoms. The summed E-state index contributed by atoms with van der Waals surface area (Å²) in [5, 5.41) is 5.32. The van der Waals surface area contributed by atoms with Crippen LogP contribution in [0.1, 0.15) is 27.8 Å². The van der Waals surface area contributed by atoms with Gasteiger partial charge in [-0.3, -0.25) is 4.98 Å². The molecule has 11 heteroatoms. The second-order valence-corrected chi connectivity index (χ2v) is 13.0. The van der Waals surface area contributed by atoms with Crippen molar-refractivity contribution in [1.82, 2.24) is 15.6 Å². The zero-order valence-corrected chi connectivity index (χ0v) is 31.2. The normalized spacial score (nSPS) is 11.7. The summed E-state index contributed by atoms with van der Waals surface area (Å²) < 4.78 is 22.9. The molecule has 0 aliphatic carbocycles. The van der Waals surface area contributed by atoms with Gasteiger partial charge in [0.15, 0.2) is 0 Å². The van der Waals surface area contributed by atoms with Gasteiger partial charge in [-0.15, -0.1) is 0 Å². The van der Waals surface area contributed by atoms with Crippen LogP contribution in [0.4, 0.5) is 9.59 Å². The zero-order chi connectivity index (χ0) is 39.8. The third kappa shape index (κ3) is 11.6. The van der Waals surface area contributed by atoms with Gasteiger partial charge in [-0.2, -0.15) is 0 Å². The van der Waals surface area contributed by atoms with Gasteiger partial charge in [-0.1, -0.05) is 133 Å². The molecule has 0 bridgehead atoms. The van der Waals surface area contributed by atoms with Gasteiger partial charge in [0.25, 0.3) is 0 Å². The molecule has 0 saturated carbocycles. The number of carbonyl (C=O) groups excluding carboxylic acids is 4. The molecule has 11 nitrogen and oxygen atoms in total. The van der Waals surface area contributed by atoms with Gasteiger partial charge in [0, 0.05) is 19.0 Å². The Balaban J connectivity index is 1.26. The number of hydrogen-bond acceptors (Lipinski definition) is 9. The third-order valence-corrected chi connectivity index (χ3v) is 8.80. The highest BCUT2D eigenvalue weighted by Crippen LogP contribution is 2.39. The van der Waals surface area contributed by atoms with Gasteiger partial charge in [-0.25, -0.2) is 19.2 Å². The fraction of sp³-hybridized carbons (Fsp3) is 0.152. The molecule has 6 rings (SSSR count). The molecular formula is C46H41N3O8. The topological polar surface area (TPSA) is 142 Å². The highest BCUT2D eigenvalue weighted by atomic mass is 16.6. The maximum absolute atomic E-state index is 14.0. The average Bonchev–Trinajstić information content (AvgIpc) is 3.23. The first kappa shape index (κ1) is 39.4. The largest absolute Gasteiger partial charge is 0.445 e. The molecule has 0 aliphatic heterocycles. The van der Waals surface area contributed by atoms with Gasteiger partial charge in [0.2, 0.25) is 0 Å². The Bertz CT molecular complexity index is 2120. The highest BCUT2D eigenvalue weighted by Gasteiger charge is 2.29. The van der Waals surface area contributed by atoms with Crippen LogP contribution in [-0.4, -0.2) is 41.2 Å². The Morgan fingerprint density at radius 2 is 0.912 bits per heavy atom. The molecule has 0 radical (unpaired) electrons. The summed E-state index contributed by atoms with van der Waals surface area (Å²) in [6.45, 7) is 1.82. The molecule has 0 saturated heterocycles. The maximum atomic E-state index is 14.0. The highest BCUT2D eigenvalue weighted by molar-refractivity contribution is 5.89. The number of carbonyl (C=O) groups is 4. The molecule has 2 N–H and O–H groups in total. The van der Waals surface area contributed by atoms with Crippen LogP contribution >= 0.6 is 0 Å². The molecule has 0 aliphatic rings. The Hall–Kier alpha value is -7.27. The molecule has 5 aromatic carbocycles. The molecule has 288 valence electrons. The fourth-order valence-electron chi connectivity index (χ4n) is 5.92. The zero-order valence-electron chi connectivity index (χ0n) is 31.2. The van der Waals surface area contributed by atoms with Crippen LogP contribution < -0.4 is 20.1 Å². The van der Waals surface area contributed by atoms with Crippen LogP contribution in [0.5, 0.6) is 11.5 Å². The molecule has 57 heavy (non-hydrogen) atoms. The molecule has 1 heterocycles. The van der Waals surface area contributed by atoms with Gasteiger partial charge >= 0.3 is 24.1 Å². The average molecular weight is 764 g/mol. The minimum atomic E-state index is -1.17. The van der Waals surface area contributed by atoms with E-state index in [9.17, 15) is 19.2 Å². The number of pyridine rings is 1. The van der Waals surface area contributed by atoms with E-state index in [0.717, 1.165) is 22.3 Å². The lowest BCUT2D eigenvalue weighted by atomic mass is 10.0. The summed E-state index contributed by atoms with van der Waals surface area (Å²) in [5.41, 5.74) is 4.39. The van der Waals surface area contributed by atoms with E-state index in [0.29, 0.717) is 11.3 Å². The number of amides is 2. The number of aromatic nitrogens is 1. The Labute approximate surface area is 330 Å². The lowest BCUT2D eigenvalue weighted by Crippen LogP contribution is -2.45. The van der Waals surface area contributed by atoms with Crippen molar-refractivity contribution in [3.05, 3.63) is 186 Å². The quantitative estimate of drug-likeness (QED) is 0.0788. The summed E-state index contributed by atoms with van der Waals surface area (Å²) in [5.74, 6) is -1.53. The van der Waals surface area contributed by atoms with Crippen molar-refractivity contribution in [3.63, 3.8) is 0 Å². The first-order chi connectivity index (χ1) is 27.8. The Morgan fingerprint density at radius 3 is 1.32 bits per heavy atom. The van der Waals surface area contributed by atoms with Crippen molar-refractivity contribution >= 4 is 24.1 Å². The van der Waals surface area contributed by atoms with Crippen LogP contribution in [0.25, 0.3) is 11.3 Å². The first-order valence-corrected chi connectivity index (χ1v) is 18.3. The van der Waals surface area contributed by atoms with Gasteiger partial charge in [-0.05, 0) is 52.9 Å². The van der Waals surface area contributed by atoms with Gasteiger partial charge in [0.1, 0.15) is 36.8 Å². The van der Waals surface area contributed by atoms with E-state index in [1.54, 1.807) is 30.5 Å². The summed E-state index contributed by atoms with van der Waals surface area (Å²) >= 11 is 0. The van der Waals surface area contributed by atoms with E-state index in [1.807, 2.05) is 134 Å². The fourth-order valence-corrected chi connectivity index (χ4v) is 5.92. The predicted octanol–water partition coefficient (Wildman–Crippen LogP) is 7.94. The summed E-state index contributed by atoms with van der Waals surface area (Å²) in [6, 6.07) is 42.6. The van der Waals surface area contributed by atoms with E-state index in [4.69, 9.17) is 18.9 Å². The number of rotatable bonds is 15. The molecule has 2 amide bonds. The lowest BCUT2D eigenvalue weighted by Gasteiger charge is -2.21. The monoisotopic (exact) mass is 763 g/mol. The van der Waals surface area contributed by atoms with E-state index in [2.05, 4.69) is 15.6 Å². The SMILES string of the molecule is Cc1cccnc1-c1c(OC(=O)[C@H](Cc2ccccc2)NC(=O)OCc2ccccc2)cccc1OC(=O)[C@H](Cc1ccccc1)NC(=O)OCc1ccccc1. The minimum Gasteiger partial charge on any atom is -0.445 e.